The first kappa shape index (κ1) is 16.6. The molecule has 4 rings (SSSR count). The third kappa shape index (κ3) is 2.72. The van der Waals surface area contributed by atoms with E-state index in [2.05, 4.69) is 21.0 Å². The van der Waals surface area contributed by atoms with Gasteiger partial charge in [0.05, 0.1) is 19.0 Å². The molecule has 5 nitrogen and oxygen atoms in total. The number of halogens is 1. The highest BCUT2D eigenvalue weighted by Crippen LogP contribution is 2.33. The SMILES string of the molecule is COc1ccc(-c2cnn3c(N)c(-c4ccc(Br)cc4)c(C)nc23)cc1. The summed E-state index contributed by atoms with van der Waals surface area (Å²) in [5, 5.41) is 4.47. The average molecular weight is 409 g/mol. The van der Waals surface area contributed by atoms with Crippen LogP contribution in [0.1, 0.15) is 5.69 Å². The summed E-state index contributed by atoms with van der Waals surface area (Å²) in [6.45, 7) is 1.97. The molecule has 0 fully saturated rings. The Kier molecular flexibility index (Phi) is 4.12. The maximum Gasteiger partial charge on any atom is 0.165 e. The number of aromatic nitrogens is 3. The fraction of sp³-hybridized carbons (Fsp3) is 0.100. The van der Waals surface area contributed by atoms with E-state index in [1.807, 2.05) is 55.5 Å². The van der Waals surface area contributed by atoms with E-state index in [1.54, 1.807) is 17.8 Å². The number of nitrogens with zero attached hydrogens (tertiary/aromatic N) is 3. The second-order valence-electron chi connectivity index (χ2n) is 5.99. The number of hydrogen-bond donors (Lipinski definition) is 1. The van der Waals surface area contributed by atoms with Crippen LogP contribution in [0.3, 0.4) is 0 Å². The van der Waals surface area contributed by atoms with Gasteiger partial charge in [0, 0.05) is 15.6 Å². The number of aryl methyl sites for hydroxylation is 1. The Morgan fingerprint density at radius 2 is 1.65 bits per heavy atom. The molecule has 6 heteroatoms. The van der Waals surface area contributed by atoms with Gasteiger partial charge in [-0.1, -0.05) is 40.2 Å². The Hall–Kier alpha value is -2.86. The molecule has 2 aromatic carbocycles. The van der Waals surface area contributed by atoms with Gasteiger partial charge in [0.1, 0.15) is 11.6 Å². The average Bonchev–Trinajstić information content (AvgIpc) is 3.07. The Morgan fingerprint density at radius 3 is 2.31 bits per heavy atom. The number of anilines is 1. The molecule has 2 heterocycles. The summed E-state index contributed by atoms with van der Waals surface area (Å²) in [6.07, 6.45) is 1.80. The minimum atomic E-state index is 0.578. The fourth-order valence-electron chi connectivity index (χ4n) is 3.08. The van der Waals surface area contributed by atoms with Crippen molar-refractivity contribution in [1.29, 1.82) is 0 Å². The predicted molar refractivity (Wildman–Crippen MR) is 107 cm³/mol. The standard InChI is InChI=1S/C20H17BrN4O/c1-12-18(14-3-7-15(21)8-4-14)19(22)25-20(24-12)17(11-23-25)13-5-9-16(26-2)10-6-13/h3-11H,22H2,1-2H3. The summed E-state index contributed by atoms with van der Waals surface area (Å²) in [6, 6.07) is 15.8. The van der Waals surface area contributed by atoms with Crippen molar-refractivity contribution >= 4 is 27.4 Å². The lowest BCUT2D eigenvalue weighted by atomic mass is 10.0. The van der Waals surface area contributed by atoms with Gasteiger partial charge in [-0.05, 0) is 42.3 Å². The lowest BCUT2D eigenvalue weighted by molar-refractivity contribution is 0.415. The van der Waals surface area contributed by atoms with Gasteiger partial charge < -0.3 is 10.5 Å². The van der Waals surface area contributed by atoms with Crippen molar-refractivity contribution in [2.24, 2.45) is 0 Å². The molecule has 0 unspecified atom stereocenters. The highest BCUT2D eigenvalue weighted by Gasteiger charge is 2.16. The first-order valence-corrected chi connectivity index (χ1v) is 8.92. The Morgan fingerprint density at radius 1 is 1.00 bits per heavy atom. The Labute approximate surface area is 159 Å². The molecule has 0 aliphatic rings. The highest BCUT2D eigenvalue weighted by atomic mass is 79.9. The minimum absolute atomic E-state index is 0.578. The summed E-state index contributed by atoms with van der Waals surface area (Å²) in [5.74, 6) is 1.39. The molecular weight excluding hydrogens is 392 g/mol. The van der Waals surface area contributed by atoms with Crippen molar-refractivity contribution in [3.63, 3.8) is 0 Å². The van der Waals surface area contributed by atoms with Gasteiger partial charge in [-0.3, -0.25) is 0 Å². The van der Waals surface area contributed by atoms with Crippen molar-refractivity contribution in [2.45, 2.75) is 6.92 Å². The number of fused-ring (bicyclic) bond motifs is 1. The van der Waals surface area contributed by atoms with Crippen molar-refractivity contribution in [3.05, 3.63) is 64.9 Å². The molecule has 0 spiro atoms. The van der Waals surface area contributed by atoms with E-state index < -0.39 is 0 Å². The Bertz CT molecular complexity index is 1090. The van der Waals surface area contributed by atoms with Crippen molar-refractivity contribution in [3.8, 4) is 28.0 Å². The van der Waals surface area contributed by atoms with E-state index >= 15 is 0 Å². The largest absolute Gasteiger partial charge is 0.497 e. The molecule has 4 aromatic rings. The monoisotopic (exact) mass is 408 g/mol. The van der Waals surface area contributed by atoms with Gasteiger partial charge in [0.2, 0.25) is 0 Å². The molecule has 0 bridgehead atoms. The summed E-state index contributed by atoms with van der Waals surface area (Å²) >= 11 is 3.46. The summed E-state index contributed by atoms with van der Waals surface area (Å²) in [4.78, 5) is 4.79. The van der Waals surface area contributed by atoms with E-state index in [9.17, 15) is 0 Å². The number of ether oxygens (including phenoxy) is 1. The van der Waals surface area contributed by atoms with Crippen molar-refractivity contribution in [1.82, 2.24) is 14.6 Å². The van der Waals surface area contributed by atoms with E-state index in [-0.39, 0.29) is 0 Å². The van der Waals surface area contributed by atoms with E-state index in [4.69, 9.17) is 15.5 Å². The first-order valence-electron chi connectivity index (χ1n) is 8.12. The summed E-state index contributed by atoms with van der Waals surface area (Å²) in [5.41, 5.74) is 11.9. The lowest BCUT2D eigenvalue weighted by Gasteiger charge is -2.11. The molecule has 0 amide bonds. The second kappa shape index (κ2) is 6.46. The molecule has 0 radical (unpaired) electrons. The van der Waals surface area contributed by atoms with Crippen LogP contribution in [0, 0.1) is 6.92 Å². The van der Waals surface area contributed by atoms with Crippen LogP contribution in [0.2, 0.25) is 0 Å². The van der Waals surface area contributed by atoms with Gasteiger partial charge in [-0.2, -0.15) is 9.61 Å². The molecule has 0 saturated heterocycles. The van der Waals surface area contributed by atoms with E-state index in [0.29, 0.717) is 5.82 Å². The number of nitrogens with two attached hydrogens (primary N) is 1. The molecule has 26 heavy (non-hydrogen) atoms. The zero-order chi connectivity index (χ0) is 18.3. The maximum atomic E-state index is 6.46. The van der Waals surface area contributed by atoms with Crippen molar-refractivity contribution in [2.75, 3.05) is 12.8 Å². The van der Waals surface area contributed by atoms with Crippen LogP contribution in [0.4, 0.5) is 5.82 Å². The smallest absolute Gasteiger partial charge is 0.165 e. The molecule has 2 N–H and O–H groups in total. The summed E-state index contributed by atoms with van der Waals surface area (Å²) < 4.78 is 7.94. The minimum Gasteiger partial charge on any atom is -0.497 e. The molecule has 0 aliphatic heterocycles. The molecule has 130 valence electrons. The molecule has 0 atom stereocenters. The third-order valence-electron chi connectivity index (χ3n) is 4.40. The van der Waals surface area contributed by atoms with Crippen LogP contribution < -0.4 is 10.5 Å². The number of benzene rings is 2. The zero-order valence-electron chi connectivity index (χ0n) is 14.4. The number of rotatable bonds is 3. The normalized spacial score (nSPS) is 11.0. The van der Waals surface area contributed by atoms with Crippen LogP contribution in [-0.2, 0) is 0 Å². The van der Waals surface area contributed by atoms with E-state index in [0.717, 1.165) is 43.8 Å². The zero-order valence-corrected chi connectivity index (χ0v) is 16.0. The third-order valence-corrected chi connectivity index (χ3v) is 4.93. The second-order valence-corrected chi connectivity index (χ2v) is 6.90. The number of methoxy groups -OCH3 is 1. The number of nitrogen functional groups attached to an aromatic ring is 1. The fourth-order valence-corrected chi connectivity index (χ4v) is 3.34. The van der Waals surface area contributed by atoms with Gasteiger partial charge in [0.15, 0.2) is 5.65 Å². The van der Waals surface area contributed by atoms with E-state index in [1.165, 1.54) is 0 Å². The van der Waals surface area contributed by atoms with Crippen LogP contribution in [0.5, 0.6) is 5.75 Å². The van der Waals surface area contributed by atoms with Crippen molar-refractivity contribution < 1.29 is 4.74 Å². The maximum absolute atomic E-state index is 6.46. The lowest BCUT2D eigenvalue weighted by Crippen LogP contribution is -2.05. The Balaban J connectivity index is 1.88. The predicted octanol–water partition coefficient (Wildman–Crippen LogP) is 4.73. The molecule has 0 saturated carbocycles. The van der Waals surface area contributed by atoms with Gasteiger partial charge >= 0.3 is 0 Å². The topological polar surface area (TPSA) is 65.4 Å². The highest BCUT2D eigenvalue weighted by molar-refractivity contribution is 9.10. The molecule has 0 aliphatic carbocycles. The van der Waals surface area contributed by atoms with Crippen LogP contribution in [0.15, 0.2) is 59.2 Å². The molecular formula is C20H17BrN4O. The van der Waals surface area contributed by atoms with Gasteiger partial charge in [0.25, 0.3) is 0 Å². The van der Waals surface area contributed by atoms with Crippen LogP contribution in [-0.4, -0.2) is 21.7 Å². The first-order chi connectivity index (χ1) is 12.6. The number of hydrogen-bond acceptors (Lipinski definition) is 4. The van der Waals surface area contributed by atoms with Gasteiger partial charge in [-0.15, -0.1) is 0 Å². The van der Waals surface area contributed by atoms with Gasteiger partial charge in [-0.25, -0.2) is 4.98 Å². The van der Waals surface area contributed by atoms with Crippen LogP contribution in [0.25, 0.3) is 27.9 Å². The summed E-state index contributed by atoms with van der Waals surface area (Å²) in [7, 11) is 1.65. The quantitative estimate of drug-likeness (QED) is 0.532. The molecule has 2 aromatic heterocycles. The van der Waals surface area contributed by atoms with Crippen LogP contribution >= 0.6 is 15.9 Å².